The van der Waals surface area contributed by atoms with Gasteiger partial charge in [0.2, 0.25) is 5.91 Å². The molecule has 1 aromatic carbocycles. The molecule has 0 unspecified atom stereocenters. The Kier molecular flexibility index (Phi) is 2.50. The van der Waals surface area contributed by atoms with Crippen LogP contribution in [-0.4, -0.2) is 18.7 Å². The predicted octanol–water partition coefficient (Wildman–Crippen LogP) is 1.68. The van der Waals surface area contributed by atoms with Crippen molar-refractivity contribution in [3.05, 3.63) is 29.3 Å². The van der Waals surface area contributed by atoms with Crippen molar-refractivity contribution >= 4 is 24.2 Å². The Labute approximate surface area is 89.3 Å². The largest absolute Gasteiger partial charge is 0.315 e. The van der Waals surface area contributed by atoms with Gasteiger partial charge < -0.3 is 4.90 Å². The maximum Gasteiger partial charge on any atom is 0.231 e. The Morgan fingerprint density at radius 3 is 3.00 bits per heavy atom. The molecule has 2 nitrogen and oxygen atoms in total. The van der Waals surface area contributed by atoms with Crippen LogP contribution in [0.25, 0.3) is 0 Å². The maximum atomic E-state index is 11.4. The average molecular weight is 207 g/mol. The zero-order valence-electron chi connectivity index (χ0n) is 8.16. The molecular weight excluding hydrogens is 194 g/mol. The van der Waals surface area contributed by atoms with E-state index in [4.69, 9.17) is 0 Å². The highest BCUT2D eigenvalue weighted by molar-refractivity contribution is 7.80. The van der Waals surface area contributed by atoms with Crippen LogP contribution in [0.5, 0.6) is 0 Å². The predicted molar refractivity (Wildman–Crippen MR) is 61.1 cm³/mol. The number of thiol groups is 1. The fraction of sp³-hybridized carbons (Fsp3) is 0.364. The minimum atomic E-state index is 0.183. The number of rotatable bonds is 2. The molecule has 0 N–H and O–H groups in total. The Bertz CT molecular complexity index is 376. The van der Waals surface area contributed by atoms with Crippen LogP contribution in [0, 0.1) is 0 Å². The molecule has 3 heteroatoms. The third kappa shape index (κ3) is 1.52. The summed E-state index contributed by atoms with van der Waals surface area (Å²) in [6, 6.07) is 6.22. The highest BCUT2D eigenvalue weighted by Gasteiger charge is 2.23. The standard InChI is InChI=1S/C11H13NOS/c1-12-10-3-2-8(4-5-14)6-9(10)7-11(12)13/h2-3,6,14H,4-5,7H2,1H3. The quantitative estimate of drug-likeness (QED) is 0.732. The van der Waals surface area contributed by atoms with Crippen molar-refractivity contribution in [1.29, 1.82) is 0 Å². The van der Waals surface area contributed by atoms with E-state index in [0.717, 1.165) is 23.4 Å². The summed E-state index contributed by atoms with van der Waals surface area (Å²) in [6.45, 7) is 0. The van der Waals surface area contributed by atoms with Gasteiger partial charge in [0.05, 0.1) is 6.42 Å². The van der Waals surface area contributed by atoms with Crippen LogP contribution in [0.15, 0.2) is 18.2 Å². The fourth-order valence-corrected chi connectivity index (χ4v) is 2.07. The third-order valence-corrected chi connectivity index (χ3v) is 2.85. The van der Waals surface area contributed by atoms with E-state index in [9.17, 15) is 4.79 Å². The smallest absolute Gasteiger partial charge is 0.231 e. The first-order chi connectivity index (χ1) is 6.72. The molecule has 0 fully saturated rings. The molecule has 0 spiro atoms. The number of amides is 1. The molecule has 0 saturated heterocycles. The summed E-state index contributed by atoms with van der Waals surface area (Å²) in [5, 5.41) is 0. The molecule has 1 aliphatic heterocycles. The lowest BCUT2D eigenvalue weighted by molar-refractivity contribution is -0.117. The van der Waals surface area contributed by atoms with Crippen LogP contribution in [0.3, 0.4) is 0 Å². The topological polar surface area (TPSA) is 20.3 Å². The number of aryl methyl sites for hydroxylation is 1. The maximum absolute atomic E-state index is 11.4. The molecule has 1 heterocycles. The highest BCUT2D eigenvalue weighted by Crippen LogP contribution is 2.28. The van der Waals surface area contributed by atoms with E-state index < -0.39 is 0 Å². The number of anilines is 1. The number of hydrogen-bond donors (Lipinski definition) is 1. The zero-order chi connectivity index (χ0) is 10.1. The van der Waals surface area contributed by atoms with E-state index in [1.54, 1.807) is 4.90 Å². The molecule has 0 aliphatic carbocycles. The van der Waals surface area contributed by atoms with Crippen molar-refractivity contribution in [2.75, 3.05) is 17.7 Å². The van der Waals surface area contributed by atoms with E-state index in [1.165, 1.54) is 5.56 Å². The van der Waals surface area contributed by atoms with Gasteiger partial charge in [-0.05, 0) is 29.4 Å². The molecule has 0 atom stereocenters. The van der Waals surface area contributed by atoms with Gasteiger partial charge >= 0.3 is 0 Å². The van der Waals surface area contributed by atoms with Crippen LogP contribution in [0.4, 0.5) is 5.69 Å². The number of nitrogens with zero attached hydrogens (tertiary/aromatic N) is 1. The summed E-state index contributed by atoms with van der Waals surface area (Å²) in [7, 11) is 1.83. The van der Waals surface area contributed by atoms with Gasteiger partial charge in [-0.3, -0.25) is 4.79 Å². The van der Waals surface area contributed by atoms with Gasteiger partial charge in [0.25, 0.3) is 0 Å². The Balaban J connectivity index is 2.34. The van der Waals surface area contributed by atoms with Crippen LogP contribution in [0.2, 0.25) is 0 Å². The Morgan fingerprint density at radius 1 is 1.50 bits per heavy atom. The van der Waals surface area contributed by atoms with Crippen LogP contribution < -0.4 is 4.90 Å². The van der Waals surface area contributed by atoms with Gasteiger partial charge in [0.1, 0.15) is 0 Å². The number of fused-ring (bicyclic) bond motifs is 1. The highest BCUT2D eigenvalue weighted by atomic mass is 32.1. The number of hydrogen-bond acceptors (Lipinski definition) is 2. The zero-order valence-corrected chi connectivity index (χ0v) is 9.05. The van der Waals surface area contributed by atoms with E-state index >= 15 is 0 Å². The molecule has 2 rings (SSSR count). The molecule has 0 bridgehead atoms. The molecule has 74 valence electrons. The Hall–Kier alpha value is -0.960. The van der Waals surface area contributed by atoms with E-state index in [0.29, 0.717) is 6.42 Å². The summed E-state index contributed by atoms with van der Waals surface area (Å²) in [6.07, 6.45) is 1.51. The van der Waals surface area contributed by atoms with Crippen molar-refractivity contribution in [3.8, 4) is 0 Å². The van der Waals surface area contributed by atoms with Gasteiger partial charge in [-0.2, -0.15) is 12.6 Å². The van der Waals surface area contributed by atoms with E-state index in [-0.39, 0.29) is 5.91 Å². The van der Waals surface area contributed by atoms with Gasteiger partial charge in [0, 0.05) is 12.7 Å². The second-order valence-corrected chi connectivity index (χ2v) is 4.01. The minimum absolute atomic E-state index is 0.183. The SMILES string of the molecule is CN1C(=O)Cc2cc(CCS)ccc21. The lowest BCUT2D eigenvalue weighted by atomic mass is 10.1. The van der Waals surface area contributed by atoms with E-state index in [2.05, 4.69) is 24.8 Å². The molecule has 14 heavy (non-hydrogen) atoms. The summed E-state index contributed by atoms with van der Waals surface area (Å²) in [5.74, 6) is 1.03. The van der Waals surface area contributed by atoms with Crippen LogP contribution in [-0.2, 0) is 17.6 Å². The number of carbonyl (C=O) groups is 1. The van der Waals surface area contributed by atoms with E-state index in [1.807, 2.05) is 13.1 Å². The molecule has 1 aliphatic rings. The summed E-state index contributed by atoms with van der Waals surface area (Å²) < 4.78 is 0. The number of likely N-dealkylation sites (N-methyl/N-ethyl adjacent to an activating group) is 1. The van der Waals surface area contributed by atoms with Crippen LogP contribution in [0.1, 0.15) is 11.1 Å². The van der Waals surface area contributed by atoms with Crippen molar-refractivity contribution in [1.82, 2.24) is 0 Å². The summed E-state index contributed by atoms with van der Waals surface area (Å²) in [5.41, 5.74) is 3.47. The van der Waals surface area contributed by atoms with Gasteiger partial charge in [-0.15, -0.1) is 0 Å². The second-order valence-electron chi connectivity index (χ2n) is 3.57. The summed E-state index contributed by atoms with van der Waals surface area (Å²) >= 11 is 4.20. The fourth-order valence-electron chi connectivity index (χ4n) is 1.81. The molecule has 0 radical (unpaired) electrons. The van der Waals surface area contributed by atoms with Gasteiger partial charge in [-0.25, -0.2) is 0 Å². The first-order valence-electron chi connectivity index (χ1n) is 4.71. The van der Waals surface area contributed by atoms with Crippen molar-refractivity contribution in [2.24, 2.45) is 0 Å². The van der Waals surface area contributed by atoms with Crippen molar-refractivity contribution in [3.63, 3.8) is 0 Å². The first-order valence-corrected chi connectivity index (χ1v) is 5.35. The van der Waals surface area contributed by atoms with Crippen molar-refractivity contribution < 1.29 is 4.79 Å². The van der Waals surface area contributed by atoms with Crippen LogP contribution >= 0.6 is 12.6 Å². The normalized spacial score (nSPS) is 14.7. The monoisotopic (exact) mass is 207 g/mol. The Morgan fingerprint density at radius 2 is 2.29 bits per heavy atom. The lowest BCUT2D eigenvalue weighted by Gasteiger charge is -2.10. The molecule has 0 saturated carbocycles. The number of carbonyl (C=O) groups excluding carboxylic acids is 1. The summed E-state index contributed by atoms with van der Waals surface area (Å²) in [4.78, 5) is 13.1. The second kappa shape index (κ2) is 3.65. The molecule has 0 aromatic heterocycles. The molecule has 1 amide bonds. The third-order valence-electron chi connectivity index (χ3n) is 2.62. The lowest BCUT2D eigenvalue weighted by Crippen LogP contribution is -2.20. The minimum Gasteiger partial charge on any atom is -0.315 e. The van der Waals surface area contributed by atoms with Crippen molar-refractivity contribution in [2.45, 2.75) is 12.8 Å². The molecule has 1 aromatic rings. The van der Waals surface area contributed by atoms with Gasteiger partial charge in [0.15, 0.2) is 0 Å². The first kappa shape index (κ1) is 9.59. The average Bonchev–Trinajstić information content (AvgIpc) is 2.43. The van der Waals surface area contributed by atoms with Gasteiger partial charge in [-0.1, -0.05) is 12.1 Å². The molecular formula is C11H13NOS. The number of benzene rings is 1.